The Kier molecular flexibility index (Phi) is 5.09. The molecule has 2 heterocycles. The zero-order valence-corrected chi connectivity index (χ0v) is 17.8. The molecule has 3 nitrogen and oxygen atoms in total. The van der Waals surface area contributed by atoms with Crippen LogP contribution in [0.15, 0.2) is 53.3 Å². The number of thiophene rings is 1. The largest absolute Gasteiger partial charge is 0.291 e. The third-order valence-electron chi connectivity index (χ3n) is 5.10. The van der Waals surface area contributed by atoms with Crippen LogP contribution in [-0.4, -0.2) is 9.55 Å². The molecule has 2 aromatic heterocycles. The smallest absolute Gasteiger partial charge is 0.263 e. The van der Waals surface area contributed by atoms with Crippen molar-refractivity contribution in [2.45, 2.75) is 40.2 Å². The van der Waals surface area contributed by atoms with E-state index in [2.05, 4.69) is 24.3 Å². The third-order valence-corrected chi connectivity index (χ3v) is 6.10. The second-order valence-electron chi connectivity index (χ2n) is 7.73. The summed E-state index contributed by atoms with van der Waals surface area (Å²) in [4.78, 5) is 20.4. The van der Waals surface area contributed by atoms with Crippen LogP contribution in [-0.2, 0) is 6.54 Å². The Hall–Kier alpha value is -2.79. The number of hydrogen-bond donors (Lipinski definition) is 0. The molecule has 4 aromatic rings. The van der Waals surface area contributed by atoms with Gasteiger partial charge in [-0.2, -0.15) is 0 Å². The number of aryl methyl sites for hydroxylation is 2. The van der Waals surface area contributed by atoms with Crippen LogP contribution in [0.1, 0.15) is 41.6 Å². The van der Waals surface area contributed by atoms with E-state index in [1.165, 1.54) is 17.7 Å². The number of fused-ring (bicyclic) bond motifs is 1. The maximum atomic E-state index is 13.7. The fraction of sp³-hybridized carbons (Fsp3) is 0.250. The Bertz CT molecular complexity index is 1250. The maximum Gasteiger partial charge on any atom is 0.263 e. The van der Waals surface area contributed by atoms with Gasteiger partial charge in [0, 0.05) is 16.4 Å². The highest BCUT2D eigenvalue weighted by Gasteiger charge is 2.21. The van der Waals surface area contributed by atoms with Gasteiger partial charge in [-0.3, -0.25) is 9.36 Å². The van der Waals surface area contributed by atoms with E-state index in [0.29, 0.717) is 11.9 Å². The van der Waals surface area contributed by atoms with Crippen LogP contribution < -0.4 is 5.56 Å². The van der Waals surface area contributed by atoms with Crippen molar-refractivity contribution in [3.63, 3.8) is 0 Å². The molecule has 0 unspecified atom stereocenters. The van der Waals surface area contributed by atoms with E-state index in [0.717, 1.165) is 32.2 Å². The van der Waals surface area contributed by atoms with Crippen molar-refractivity contribution in [2.75, 3.05) is 0 Å². The van der Waals surface area contributed by atoms with Gasteiger partial charge in [0.2, 0.25) is 0 Å². The van der Waals surface area contributed by atoms with Crippen molar-refractivity contribution < 1.29 is 4.39 Å². The first-order valence-electron chi connectivity index (χ1n) is 9.70. The molecule has 148 valence electrons. The minimum Gasteiger partial charge on any atom is -0.291 e. The Balaban J connectivity index is 1.98. The molecule has 0 fully saturated rings. The highest BCUT2D eigenvalue weighted by atomic mass is 32.1. The zero-order chi connectivity index (χ0) is 20.7. The second kappa shape index (κ2) is 7.56. The van der Waals surface area contributed by atoms with Crippen LogP contribution in [0.25, 0.3) is 21.3 Å². The highest BCUT2D eigenvalue weighted by Crippen LogP contribution is 2.36. The van der Waals surface area contributed by atoms with Crippen LogP contribution in [0.4, 0.5) is 4.39 Å². The minimum absolute atomic E-state index is 0.0668. The van der Waals surface area contributed by atoms with E-state index >= 15 is 0 Å². The van der Waals surface area contributed by atoms with Crippen LogP contribution in [0.5, 0.6) is 0 Å². The molecule has 4 rings (SSSR count). The van der Waals surface area contributed by atoms with Gasteiger partial charge in [0.1, 0.15) is 16.5 Å². The SMILES string of the molecule is Cc1ccc(-c2c(C)sc3nc(C(C)C)n(Cc4cccc(F)c4)c(=O)c23)cc1. The molecular formula is C24H23FN2OS. The fourth-order valence-corrected chi connectivity index (χ4v) is 4.73. The van der Waals surface area contributed by atoms with Crippen molar-refractivity contribution in [3.05, 3.63) is 86.5 Å². The Morgan fingerprint density at radius 2 is 1.83 bits per heavy atom. The standard InChI is InChI=1S/C24H23FN2OS/c1-14(2)22-26-23-21(20(16(4)29-23)18-10-8-15(3)9-11-18)24(28)27(22)13-17-6-5-7-19(25)12-17/h5-12,14H,13H2,1-4H3. The number of aromatic nitrogens is 2. The van der Waals surface area contributed by atoms with Crippen LogP contribution in [0, 0.1) is 19.7 Å². The second-order valence-corrected chi connectivity index (χ2v) is 8.93. The predicted molar refractivity (Wildman–Crippen MR) is 118 cm³/mol. The molecule has 0 aliphatic rings. The predicted octanol–water partition coefficient (Wildman–Crippen LogP) is 6.05. The van der Waals surface area contributed by atoms with Gasteiger partial charge in [0.15, 0.2) is 0 Å². The first-order chi connectivity index (χ1) is 13.8. The quantitative estimate of drug-likeness (QED) is 0.413. The number of hydrogen-bond acceptors (Lipinski definition) is 3. The average Bonchev–Trinajstić information content (AvgIpc) is 3.01. The monoisotopic (exact) mass is 406 g/mol. The van der Waals surface area contributed by atoms with E-state index in [9.17, 15) is 9.18 Å². The third kappa shape index (κ3) is 3.62. The van der Waals surface area contributed by atoms with E-state index in [1.807, 2.05) is 33.8 Å². The number of halogens is 1. The van der Waals surface area contributed by atoms with Crippen LogP contribution in [0.2, 0.25) is 0 Å². The molecule has 0 aliphatic carbocycles. The van der Waals surface area contributed by atoms with Crippen molar-refractivity contribution in [1.82, 2.24) is 9.55 Å². The summed E-state index contributed by atoms with van der Waals surface area (Å²) >= 11 is 1.56. The lowest BCUT2D eigenvalue weighted by molar-refractivity contribution is 0.612. The minimum atomic E-state index is -0.303. The first-order valence-corrected chi connectivity index (χ1v) is 10.5. The van der Waals surface area contributed by atoms with E-state index < -0.39 is 0 Å². The van der Waals surface area contributed by atoms with Crippen molar-refractivity contribution in [3.8, 4) is 11.1 Å². The van der Waals surface area contributed by atoms with Crippen molar-refractivity contribution >= 4 is 21.6 Å². The highest BCUT2D eigenvalue weighted by molar-refractivity contribution is 7.19. The topological polar surface area (TPSA) is 34.9 Å². The van der Waals surface area contributed by atoms with Crippen molar-refractivity contribution in [2.24, 2.45) is 0 Å². The first kappa shape index (κ1) is 19.5. The molecule has 0 saturated heterocycles. The van der Waals surface area contributed by atoms with Gasteiger partial charge in [0.25, 0.3) is 5.56 Å². The zero-order valence-electron chi connectivity index (χ0n) is 17.0. The molecule has 0 saturated carbocycles. The summed E-state index contributed by atoms with van der Waals surface area (Å²) in [6.45, 7) is 8.43. The maximum absolute atomic E-state index is 13.7. The lowest BCUT2D eigenvalue weighted by atomic mass is 10.0. The molecule has 0 aliphatic heterocycles. The van der Waals surface area contributed by atoms with Crippen molar-refractivity contribution in [1.29, 1.82) is 0 Å². The van der Waals surface area contributed by atoms with Gasteiger partial charge in [-0.25, -0.2) is 9.37 Å². The summed E-state index contributed by atoms with van der Waals surface area (Å²) in [6, 6.07) is 14.6. The summed E-state index contributed by atoms with van der Waals surface area (Å²) in [6.07, 6.45) is 0. The molecule has 0 amide bonds. The molecule has 5 heteroatoms. The van der Waals surface area contributed by atoms with Gasteiger partial charge >= 0.3 is 0 Å². The van der Waals surface area contributed by atoms with Crippen LogP contribution in [0.3, 0.4) is 0 Å². The Labute approximate surface area is 173 Å². The van der Waals surface area contributed by atoms with Gasteiger partial charge in [0.05, 0.1) is 11.9 Å². The molecule has 0 spiro atoms. The lowest BCUT2D eigenvalue weighted by Crippen LogP contribution is -2.26. The molecule has 0 radical (unpaired) electrons. The summed E-state index contributed by atoms with van der Waals surface area (Å²) in [5.74, 6) is 0.497. The molecule has 0 atom stereocenters. The van der Waals surface area contributed by atoms with Gasteiger partial charge < -0.3 is 0 Å². The lowest BCUT2D eigenvalue weighted by Gasteiger charge is -2.15. The summed E-state index contributed by atoms with van der Waals surface area (Å²) in [7, 11) is 0. The van der Waals surface area contributed by atoms with E-state index in [-0.39, 0.29) is 17.3 Å². The summed E-state index contributed by atoms with van der Waals surface area (Å²) in [5.41, 5.74) is 3.83. The van der Waals surface area contributed by atoms with Crippen LogP contribution >= 0.6 is 11.3 Å². The fourth-order valence-electron chi connectivity index (χ4n) is 3.69. The number of benzene rings is 2. The van der Waals surface area contributed by atoms with Gasteiger partial charge in [-0.05, 0) is 37.1 Å². The van der Waals surface area contributed by atoms with Gasteiger partial charge in [-0.15, -0.1) is 11.3 Å². The van der Waals surface area contributed by atoms with Gasteiger partial charge in [-0.1, -0.05) is 55.8 Å². The van der Waals surface area contributed by atoms with E-state index in [4.69, 9.17) is 4.98 Å². The Morgan fingerprint density at radius 1 is 1.10 bits per heavy atom. The normalized spacial score (nSPS) is 11.5. The number of rotatable bonds is 4. The summed E-state index contributed by atoms with van der Waals surface area (Å²) in [5, 5.41) is 0.650. The molecule has 0 N–H and O–H groups in total. The average molecular weight is 407 g/mol. The molecule has 2 aromatic carbocycles. The Morgan fingerprint density at radius 3 is 2.48 bits per heavy atom. The number of nitrogens with zero attached hydrogens (tertiary/aromatic N) is 2. The molecule has 0 bridgehead atoms. The summed E-state index contributed by atoms with van der Waals surface area (Å²) < 4.78 is 15.4. The molecular weight excluding hydrogens is 383 g/mol. The molecule has 29 heavy (non-hydrogen) atoms. The van der Waals surface area contributed by atoms with E-state index in [1.54, 1.807) is 22.0 Å².